The standard InChI is InChI=1S/C15H10ClN3O3/c16-13-14(19-11-4-2-1-3-10(11)18-13)17-8-5-6-12(20)9(7-8)15(21)22/h1-7,20H,(H,17,19)(H,21,22). The Morgan fingerprint density at radius 3 is 2.45 bits per heavy atom. The number of anilines is 2. The summed E-state index contributed by atoms with van der Waals surface area (Å²) in [6.45, 7) is 0. The summed E-state index contributed by atoms with van der Waals surface area (Å²) in [5, 5.41) is 21.6. The fourth-order valence-corrected chi connectivity index (χ4v) is 2.16. The second-order valence-corrected chi connectivity index (χ2v) is 4.87. The number of aromatic carboxylic acids is 1. The highest BCUT2D eigenvalue weighted by Gasteiger charge is 2.12. The van der Waals surface area contributed by atoms with Crippen molar-refractivity contribution in [3.63, 3.8) is 0 Å². The summed E-state index contributed by atoms with van der Waals surface area (Å²) < 4.78 is 0. The Hall–Kier alpha value is -2.86. The van der Waals surface area contributed by atoms with Gasteiger partial charge in [-0.25, -0.2) is 14.8 Å². The van der Waals surface area contributed by atoms with Gasteiger partial charge < -0.3 is 15.5 Å². The van der Waals surface area contributed by atoms with Gasteiger partial charge in [0.05, 0.1) is 11.0 Å². The third kappa shape index (κ3) is 2.64. The number of halogens is 1. The Bertz CT molecular complexity index is 883. The van der Waals surface area contributed by atoms with Crippen LogP contribution in [0.25, 0.3) is 11.0 Å². The number of carboxylic acid groups (broad SMARTS) is 1. The number of carbonyl (C=O) groups is 1. The first kappa shape index (κ1) is 14.1. The van der Waals surface area contributed by atoms with Crippen molar-refractivity contribution >= 4 is 40.1 Å². The molecule has 0 fully saturated rings. The number of phenols is 1. The minimum atomic E-state index is -1.23. The van der Waals surface area contributed by atoms with Crippen molar-refractivity contribution in [1.29, 1.82) is 0 Å². The zero-order valence-electron chi connectivity index (χ0n) is 11.1. The van der Waals surface area contributed by atoms with Gasteiger partial charge in [-0.15, -0.1) is 0 Å². The molecule has 22 heavy (non-hydrogen) atoms. The van der Waals surface area contributed by atoms with E-state index < -0.39 is 5.97 Å². The molecule has 1 heterocycles. The third-order valence-electron chi connectivity index (χ3n) is 3.02. The summed E-state index contributed by atoms with van der Waals surface area (Å²) >= 11 is 6.08. The number of benzene rings is 2. The number of rotatable bonds is 3. The van der Waals surface area contributed by atoms with E-state index in [2.05, 4.69) is 15.3 Å². The van der Waals surface area contributed by atoms with Crippen LogP contribution in [0.5, 0.6) is 5.75 Å². The van der Waals surface area contributed by atoms with E-state index in [1.54, 1.807) is 12.1 Å². The summed E-state index contributed by atoms with van der Waals surface area (Å²) in [6.07, 6.45) is 0. The van der Waals surface area contributed by atoms with Crippen molar-refractivity contribution in [2.24, 2.45) is 0 Å². The van der Waals surface area contributed by atoms with Gasteiger partial charge in [0, 0.05) is 5.69 Å². The number of para-hydroxylation sites is 2. The van der Waals surface area contributed by atoms with Crippen LogP contribution in [0.2, 0.25) is 5.15 Å². The van der Waals surface area contributed by atoms with Gasteiger partial charge in [-0.3, -0.25) is 0 Å². The van der Waals surface area contributed by atoms with E-state index in [0.29, 0.717) is 22.5 Å². The van der Waals surface area contributed by atoms with E-state index in [-0.39, 0.29) is 16.5 Å². The fraction of sp³-hybridized carbons (Fsp3) is 0. The van der Waals surface area contributed by atoms with E-state index in [1.807, 2.05) is 12.1 Å². The highest BCUT2D eigenvalue weighted by atomic mass is 35.5. The zero-order valence-corrected chi connectivity index (χ0v) is 11.9. The number of fused-ring (bicyclic) bond motifs is 1. The largest absolute Gasteiger partial charge is 0.507 e. The molecule has 110 valence electrons. The first-order chi connectivity index (χ1) is 10.5. The first-order valence-corrected chi connectivity index (χ1v) is 6.68. The maximum atomic E-state index is 11.0. The van der Waals surface area contributed by atoms with E-state index in [0.717, 1.165) is 0 Å². The van der Waals surface area contributed by atoms with Crippen LogP contribution in [0.15, 0.2) is 42.5 Å². The van der Waals surface area contributed by atoms with Gasteiger partial charge in [0.1, 0.15) is 11.3 Å². The summed E-state index contributed by atoms with van der Waals surface area (Å²) in [5.41, 5.74) is 1.54. The molecule has 0 aliphatic carbocycles. The Kier molecular flexibility index (Phi) is 3.52. The molecule has 0 spiro atoms. The van der Waals surface area contributed by atoms with Crippen LogP contribution in [-0.4, -0.2) is 26.2 Å². The van der Waals surface area contributed by atoms with Crippen LogP contribution in [0.3, 0.4) is 0 Å². The second kappa shape index (κ2) is 5.50. The van der Waals surface area contributed by atoms with E-state index in [9.17, 15) is 9.90 Å². The van der Waals surface area contributed by atoms with Gasteiger partial charge in [-0.2, -0.15) is 0 Å². The predicted octanol–water partition coefficient (Wildman–Crippen LogP) is 3.43. The number of nitrogens with one attached hydrogen (secondary N) is 1. The molecule has 3 rings (SSSR count). The maximum absolute atomic E-state index is 11.0. The second-order valence-electron chi connectivity index (χ2n) is 4.51. The van der Waals surface area contributed by atoms with Crippen LogP contribution in [-0.2, 0) is 0 Å². The number of nitrogens with zero attached hydrogens (tertiary/aromatic N) is 2. The SMILES string of the molecule is O=C(O)c1cc(Nc2nc3ccccc3nc2Cl)ccc1O. The topological polar surface area (TPSA) is 95.3 Å². The molecule has 0 unspecified atom stereocenters. The van der Waals surface area contributed by atoms with Gasteiger partial charge in [0.15, 0.2) is 11.0 Å². The van der Waals surface area contributed by atoms with Crippen molar-refractivity contribution in [3.05, 3.63) is 53.2 Å². The Morgan fingerprint density at radius 1 is 1.09 bits per heavy atom. The highest BCUT2D eigenvalue weighted by molar-refractivity contribution is 6.32. The number of hydrogen-bond donors (Lipinski definition) is 3. The smallest absolute Gasteiger partial charge is 0.339 e. The molecule has 0 bridgehead atoms. The van der Waals surface area contributed by atoms with Crippen molar-refractivity contribution < 1.29 is 15.0 Å². The molecule has 0 saturated heterocycles. The van der Waals surface area contributed by atoms with Gasteiger partial charge >= 0.3 is 5.97 Å². The highest BCUT2D eigenvalue weighted by Crippen LogP contribution is 2.27. The summed E-state index contributed by atoms with van der Waals surface area (Å²) in [5.74, 6) is -1.23. The molecule has 0 saturated carbocycles. The molecule has 0 aliphatic heterocycles. The van der Waals surface area contributed by atoms with Gasteiger partial charge in [0.25, 0.3) is 0 Å². The van der Waals surface area contributed by atoms with Crippen LogP contribution in [0, 0.1) is 0 Å². The zero-order chi connectivity index (χ0) is 15.7. The average Bonchev–Trinajstić information content (AvgIpc) is 2.49. The predicted molar refractivity (Wildman–Crippen MR) is 82.9 cm³/mol. The molecule has 0 amide bonds. The lowest BCUT2D eigenvalue weighted by Crippen LogP contribution is -2.01. The third-order valence-corrected chi connectivity index (χ3v) is 3.28. The van der Waals surface area contributed by atoms with Crippen LogP contribution in [0.4, 0.5) is 11.5 Å². The van der Waals surface area contributed by atoms with Crippen molar-refractivity contribution in [2.45, 2.75) is 0 Å². The summed E-state index contributed by atoms with van der Waals surface area (Å²) in [7, 11) is 0. The van der Waals surface area contributed by atoms with Crippen molar-refractivity contribution in [1.82, 2.24) is 9.97 Å². The lowest BCUT2D eigenvalue weighted by molar-refractivity contribution is 0.0694. The van der Waals surface area contributed by atoms with E-state index in [4.69, 9.17) is 16.7 Å². The monoisotopic (exact) mass is 315 g/mol. The molecule has 7 heteroatoms. The van der Waals surface area contributed by atoms with Gasteiger partial charge in [-0.1, -0.05) is 23.7 Å². The average molecular weight is 316 g/mol. The van der Waals surface area contributed by atoms with Crippen LogP contribution < -0.4 is 5.32 Å². The van der Waals surface area contributed by atoms with E-state index >= 15 is 0 Å². The van der Waals surface area contributed by atoms with Gasteiger partial charge in [0.2, 0.25) is 0 Å². The molecule has 0 atom stereocenters. The van der Waals surface area contributed by atoms with Crippen molar-refractivity contribution in [3.8, 4) is 5.75 Å². The number of hydrogen-bond acceptors (Lipinski definition) is 5. The molecule has 6 nitrogen and oxygen atoms in total. The van der Waals surface area contributed by atoms with Crippen molar-refractivity contribution in [2.75, 3.05) is 5.32 Å². The molecule has 0 aliphatic rings. The molecule has 1 aromatic heterocycles. The normalized spacial score (nSPS) is 10.6. The lowest BCUT2D eigenvalue weighted by atomic mass is 10.2. The Morgan fingerprint density at radius 2 is 1.77 bits per heavy atom. The molecular formula is C15H10ClN3O3. The van der Waals surface area contributed by atoms with Gasteiger partial charge in [-0.05, 0) is 30.3 Å². The fourth-order valence-electron chi connectivity index (χ4n) is 1.98. The lowest BCUT2D eigenvalue weighted by Gasteiger charge is -2.09. The number of carboxylic acids is 1. The van der Waals surface area contributed by atoms with Crippen LogP contribution >= 0.6 is 11.6 Å². The quantitative estimate of drug-likeness (QED) is 0.641. The summed E-state index contributed by atoms with van der Waals surface area (Å²) in [6, 6.07) is 11.4. The number of aromatic hydroxyl groups is 1. The van der Waals surface area contributed by atoms with E-state index in [1.165, 1.54) is 18.2 Å². The Balaban J connectivity index is 2.01. The minimum absolute atomic E-state index is 0.170. The van der Waals surface area contributed by atoms with Crippen LogP contribution in [0.1, 0.15) is 10.4 Å². The molecule has 3 aromatic rings. The number of aromatic nitrogens is 2. The maximum Gasteiger partial charge on any atom is 0.339 e. The first-order valence-electron chi connectivity index (χ1n) is 6.30. The minimum Gasteiger partial charge on any atom is -0.507 e. The molecule has 2 aromatic carbocycles. The molecule has 3 N–H and O–H groups in total. The molecule has 0 radical (unpaired) electrons. The molecular weight excluding hydrogens is 306 g/mol. The summed E-state index contributed by atoms with van der Waals surface area (Å²) in [4.78, 5) is 19.6. The Labute approximate surface area is 130 Å².